The monoisotopic (exact) mass is 345 g/mol. The topological polar surface area (TPSA) is 70.2 Å². The highest BCUT2D eigenvalue weighted by Crippen LogP contribution is 2.43. The standard InChI is InChI=1S/C15H17BN2O2.C2H7NS/c19-16-8-12(10-4-2-1-3-5-10)14-11-6-7-17-15(11)18-9-13(14)20-16;1-3-4-2/h6-10,19H,1-5H2,(H,17,18);3H,1-2H3. The van der Waals surface area contributed by atoms with Gasteiger partial charge in [0, 0.05) is 17.1 Å². The molecule has 24 heavy (non-hydrogen) atoms. The minimum absolute atomic E-state index is 0.529. The van der Waals surface area contributed by atoms with Crippen LogP contribution in [0.4, 0.5) is 0 Å². The summed E-state index contributed by atoms with van der Waals surface area (Å²) in [6.07, 6.45) is 11.9. The molecule has 2 aromatic heterocycles. The SMILES string of the molecule is CNSC.OB1C=C(C2CCCCC2)c2c(cnc3[nH]ccc23)O1. The minimum Gasteiger partial charge on any atom is -0.531 e. The molecule has 0 spiro atoms. The maximum absolute atomic E-state index is 9.95. The first-order valence-electron chi connectivity index (χ1n) is 8.47. The Balaban J connectivity index is 0.000000383. The number of nitrogens with one attached hydrogen (secondary N) is 2. The van der Waals surface area contributed by atoms with Gasteiger partial charge in [-0.05, 0) is 49.7 Å². The first-order valence-corrected chi connectivity index (χ1v) is 9.69. The van der Waals surface area contributed by atoms with Gasteiger partial charge in [0.1, 0.15) is 11.4 Å². The van der Waals surface area contributed by atoms with Gasteiger partial charge in [0.05, 0.1) is 6.20 Å². The highest BCUT2D eigenvalue weighted by atomic mass is 32.2. The summed E-state index contributed by atoms with van der Waals surface area (Å²) >= 11 is 1.61. The van der Waals surface area contributed by atoms with Crippen molar-refractivity contribution in [2.24, 2.45) is 5.92 Å². The van der Waals surface area contributed by atoms with E-state index in [4.69, 9.17) is 4.65 Å². The van der Waals surface area contributed by atoms with Crippen molar-refractivity contribution >= 4 is 35.7 Å². The van der Waals surface area contributed by atoms with Crippen LogP contribution in [0.2, 0.25) is 0 Å². The van der Waals surface area contributed by atoms with Gasteiger partial charge in [-0.15, -0.1) is 0 Å². The molecule has 0 amide bonds. The average molecular weight is 345 g/mol. The van der Waals surface area contributed by atoms with Crippen LogP contribution in [-0.4, -0.2) is 35.4 Å². The molecule has 2 aliphatic rings. The van der Waals surface area contributed by atoms with Crippen LogP contribution in [0, 0.1) is 5.92 Å². The molecule has 7 heteroatoms. The van der Waals surface area contributed by atoms with Gasteiger partial charge in [0.2, 0.25) is 0 Å². The van der Waals surface area contributed by atoms with Crippen LogP contribution in [0.5, 0.6) is 5.75 Å². The van der Waals surface area contributed by atoms with E-state index in [1.165, 1.54) is 37.7 Å². The van der Waals surface area contributed by atoms with Gasteiger partial charge >= 0.3 is 7.12 Å². The number of H-pyrrole nitrogens is 1. The Morgan fingerprint density at radius 3 is 2.83 bits per heavy atom. The first-order chi connectivity index (χ1) is 11.7. The Bertz CT molecular complexity index is 711. The fourth-order valence-corrected chi connectivity index (χ4v) is 3.53. The van der Waals surface area contributed by atoms with Gasteiger partial charge in [-0.25, -0.2) is 4.98 Å². The van der Waals surface area contributed by atoms with Gasteiger partial charge in [-0.2, -0.15) is 0 Å². The Morgan fingerprint density at radius 1 is 1.38 bits per heavy atom. The molecule has 1 aliphatic carbocycles. The lowest BCUT2D eigenvalue weighted by Crippen LogP contribution is -2.26. The predicted molar refractivity (Wildman–Crippen MR) is 102 cm³/mol. The highest BCUT2D eigenvalue weighted by molar-refractivity contribution is 7.96. The Hall–Kier alpha value is -1.44. The van der Waals surface area contributed by atoms with E-state index in [9.17, 15) is 5.02 Å². The van der Waals surface area contributed by atoms with Crippen LogP contribution in [0.3, 0.4) is 0 Å². The van der Waals surface area contributed by atoms with Crippen molar-refractivity contribution in [3.8, 4) is 5.75 Å². The van der Waals surface area contributed by atoms with E-state index in [0.29, 0.717) is 11.7 Å². The lowest BCUT2D eigenvalue weighted by molar-refractivity contribution is 0.411. The molecule has 2 aromatic rings. The molecule has 1 saturated carbocycles. The van der Waals surface area contributed by atoms with Gasteiger partial charge in [0.25, 0.3) is 0 Å². The summed E-state index contributed by atoms with van der Waals surface area (Å²) in [5.41, 5.74) is 3.24. The van der Waals surface area contributed by atoms with Crippen molar-refractivity contribution < 1.29 is 9.68 Å². The third-order valence-corrected chi connectivity index (χ3v) is 5.07. The van der Waals surface area contributed by atoms with Crippen LogP contribution in [-0.2, 0) is 0 Å². The number of aromatic amines is 1. The maximum Gasteiger partial charge on any atom is 0.552 e. The molecule has 0 unspecified atom stereocenters. The zero-order chi connectivity index (χ0) is 16.9. The number of aromatic nitrogens is 2. The number of pyridine rings is 1. The molecule has 4 rings (SSSR count). The van der Waals surface area contributed by atoms with Crippen molar-refractivity contribution in [1.82, 2.24) is 14.7 Å². The van der Waals surface area contributed by atoms with Gasteiger partial charge < -0.3 is 14.7 Å². The van der Waals surface area contributed by atoms with E-state index < -0.39 is 7.12 Å². The molecule has 1 fully saturated rings. The quantitative estimate of drug-likeness (QED) is 0.575. The zero-order valence-corrected chi connectivity index (χ0v) is 15.0. The van der Waals surface area contributed by atoms with Gasteiger partial charge in [-0.1, -0.05) is 31.2 Å². The first kappa shape index (κ1) is 17.4. The minimum atomic E-state index is -0.849. The third kappa shape index (κ3) is 3.63. The summed E-state index contributed by atoms with van der Waals surface area (Å²) < 4.78 is 8.38. The molecule has 0 bridgehead atoms. The lowest BCUT2D eigenvalue weighted by Gasteiger charge is -2.29. The summed E-state index contributed by atoms with van der Waals surface area (Å²) in [5, 5.41) is 11.0. The van der Waals surface area contributed by atoms with Crippen molar-refractivity contribution in [2.45, 2.75) is 32.1 Å². The summed E-state index contributed by atoms with van der Waals surface area (Å²) in [7, 11) is 1.04. The molecule has 3 heterocycles. The molecule has 0 aromatic carbocycles. The average Bonchev–Trinajstić information content (AvgIpc) is 3.10. The highest BCUT2D eigenvalue weighted by Gasteiger charge is 2.30. The van der Waals surface area contributed by atoms with E-state index >= 15 is 0 Å². The molecular weight excluding hydrogens is 321 g/mol. The Kier molecular flexibility index (Phi) is 5.87. The molecule has 0 saturated heterocycles. The van der Waals surface area contributed by atoms with Gasteiger partial charge in [-0.3, -0.25) is 4.72 Å². The van der Waals surface area contributed by atoms with E-state index in [-0.39, 0.29) is 0 Å². The zero-order valence-electron chi connectivity index (χ0n) is 14.2. The lowest BCUT2D eigenvalue weighted by atomic mass is 9.73. The van der Waals surface area contributed by atoms with Crippen LogP contribution in [0.25, 0.3) is 16.6 Å². The third-order valence-electron chi connectivity index (χ3n) is 4.66. The fraction of sp³-hybridized carbons (Fsp3) is 0.471. The van der Waals surface area contributed by atoms with E-state index in [1.54, 1.807) is 18.1 Å². The molecule has 1 aliphatic heterocycles. The summed E-state index contributed by atoms with van der Waals surface area (Å²) in [6.45, 7) is 0. The molecule has 5 nitrogen and oxygen atoms in total. The summed E-state index contributed by atoms with van der Waals surface area (Å²) in [4.78, 5) is 7.50. The van der Waals surface area contributed by atoms with E-state index in [0.717, 1.165) is 16.6 Å². The number of hydrogen-bond acceptors (Lipinski definition) is 5. The van der Waals surface area contributed by atoms with Crippen LogP contribution in [0.1, 0.15) is 37.7 Å². The molecule has 0 atom stereocenters. The van der Waals surface area contributed by atoms with Crippen molar-refractivity contribution in [3.63, 3.8) is 0 Å². The Morgan fingerprint density at radius 2 is 2.12 bits per heavy atom. The van der Waals surface area contributed by atoms with Crippen LogP contribution < -0.4 is 9.38 Å². The molecule has 3 N–H and O–H groups in total. The van der Waals surface area contributed by atoms with Crippen LogP contribution in [0.15, 0.2) is 24.4 Å². The summed E-state index contributed by atoms with van der Waals surface area (Å²) in [6, 6.07) is 2.04. The molecule has 128 valence electrons. The number of fused-ring (bicyclic) bond motifs is 3. The maximum atomic E-state index is 9.95. The smallest absolute Gasteiger partial charge is 0.531 e. The molecule has 0 radical (unpaired) electrons. The Labute approximate surface area is 147 Å². The fourth-order valence-electron chi connectivity index (χ4n) is 3.53. The van der Waals surface area contributed by atoms with Crippen LogP contribution >= 0.6 is 11.9 Å². The van der Waals surface area contributed by atoms with Gasteiger partial charge in [0.15, 0.2) is 0 Å². The van der Waals surface area contributed by atoms with E-state index in [1.807, 2.05) is 31.5 Å². The number of rotatable bonds is 2. The molecular formula is C17H24BN3O2S. The second-order valence-electron chi connectivity index (χ2n) is 6.11. The largest absolute Gasteiger partial charge is 0.552 e. The van der Waals surface area contributed by atoms with E-state index in [2.05, 4.69) is 14.7 Å². The second kappa shape index (κ2) is 8.10. The van der Waals surface area contributed by atoms with Crippen molar-refractivity contribution in [3.05, 3.63) is 30.0 Å². The summed E-state index contributed by atoms with van der Waals surface area (Å²) in [5.74, 6) is 3.11. The number of nitrogens with zero attached hydrogens (tertiary/aromatic N) is 1. The van der Waals surface area contributed by atoms with Crippen molar-refractivity contribution in [2.75, 3.05) is 13.3 Å². The second-order valence-corrected chi connectivity index (χ2v) is 6.93. The predicted octanol–water partition coefficient (Wildman–Crippen LogP) is 3.42. The number of allylic oxidation sites excluding steroid dienone is 1. The number of hydrogen-bond donors (Lipinski definition) is 3. The normalized spacial score (nSPS) is 17.6. The van der Waals surface area contributed by atoms with Crippen molar-refractivity contribution in [1.29, 1.82) is 0 Å².